The second-order valence-electron chi connectivity index (χ2n) is 11.9. The molecular weight excluding hydrogens is 504 g/mol. The summed E-state index contributed by atoms with van der Waals surface area (Å²) in [7, 11) is 0. The lowest BCUT2D eigenvalue weighted by molar-refractivity contribution is -0.121. The van der Waals surface area contributed by atoms with Gasteiger partial charge in [0, 0.05) is 18.5 Å². The number of nitrogens with zero attached hydrogens (tertiary/aromatic N) is 2. The van der Waals surface area contributed by atoms with E-state index in [0.29, 0.717) is 18.4 Å². The fourth-order valence-electron chi connectivity index (χ4n) is 7.18. The van der Waals surface area contributed by atoms with Gasteiger partial charge in [0.1, 0.15) is 5.75 Å². The summed E-state index contributed by atoms with van der Waals surface area (Å²) in [6.45, 7) is 8.24. The predicted molar refractivity (Wildman–Crippen MR) is 167 cm³/mol. The van der Waals surface area contributed by atoms with Crippen LogP contribution >= 0.6 is 0 Å². The summed E-state index contributed by atoms with van der Waals surface area (Å²) >= 11 is 0. The molecule has 210 valence electrons. The van der Waals surface area contributed by atoms with Crippen LogP contribution in [0.5, 0.6) is 5.75 Å². The van der Waals surface area contributed by atoms with E-state index >= 15 is 0 Å². The molecule has 4 heteroatoms. The third-order valence-electron chi connectivity index (χ3n) is 9.01. The molecule has 0 radical (unpaired) electrons. The molecule has 2 heterocycles. The van der Waals surface area contributed by atoms with Gasteiger partial charge in [-0.3, -0.25) is 4.79 Å². The lowest BCUT2D eigenvalue weighted by atomic mass is 9.59. The molecule has 0 saturated carbocycles. The summed E-state index contributed by atoms with van der Waals surface area (Å²) in [5.41, 5.74) is 5.94. The van der Waals surface area contributed by atoms with Gasteiger partial charge in [0.2, 0.25) is 0 Å². The third kappa shape index (κ3) is 5.41. The summed E-state index contributed by atoms with van der Waals surface area (Å²) < 4.78 is 5.70. The standard InChI is InChI=1S/C37H40N2O2/c1-28-18-19-35-34(24-28)39(36(40)27-41-35)26-29(2)25-38-22-20-33(21-23-38)37(30-12-6-3-7-13-30,31-14-8-4-9-15-31)32-16-10-5-11-17-32/h3-19,24,29,33H,20-23,25-27H2,1-2H3/t29-/m1/s1. The molecule has 1 atom stereocenters. The van der Waals surface area contributed by atoms with Crippen LogP contribution in [0.15, 0.2) is 109 Å². The van der Waals surface area contributed by atoms with Crippen molar-refractivity contribution < 1.29 is 9.53 Å². The van der Waals surface area contributed by atoms with Gasteiger partial charge < -0.3 is 14.5 Å². The number of likely N-dealkylation sites (tertiary alicyclic amines) is 1. The van der Waals surface area contributed by atoms with E-state index in [9.17, 15) is 4.79 Å². The van der Waals surface area contributed by atoms with Gasteiger partial charge in [0.25, 0.3) is 5.91 Å². The summed E-state index contributed by atoms with van der Waals surface area (Å²) in [4.78, 5) is 17.4. The van der Waals surface area contributed by atoms with E-state index in [0.717, 1.165) is 49.5 Å². The molecule has 4 aromatic carbocycles. The molecule has 1 saturated heterocycles. The fraction of sp³-hybridized carbons (Fsp3) is 0.324. The van der Waals surface area contributed by atoms with Crippen molar-refractivity contribution in [2.24, 2.45) is 11.8 Å². The molecule has 0 unspecified atom stereocenters. The number of aryl methyl sites for hydroxylation is 1. The quantitative estimate of drug-likeness (QED) is 0.222. The van der Waals surface area contributed by atoms with Crippen molar-refractivity contribution in [3.8, 4) is 5.75 Å². The topological polar surface area (TPSA) is 32.8 Å². The van der Waals surface area contributed by atoms with E-state index in [-0.39, 0.29) is 17.9 Å². The van der Waals surface area contributed by atoms with Crippen molar-refractivity contribution in [2.45, 2.75) is 32.1 Å². The number of anilines is 1. The van der Waals surface area contributed by atoms with Gasteiger partial charge in [-0.25, -0.2) is 0 Å². The third-order valence-corrected chi connectivity index (χ3v) is 9.01. The maximum atomic E-state index is 12.8. The van der Waals surface area contributed by atoms with Crippen LogP contribution in [0.25, 0.3) is 0 Å². The Morgan fingerprint density at radius 3 is 1.85 bits per heavy atom. The maximum Gasteiger partial charge on any atom is 0.265 e. The van der Waals surface area contributed by atoms with Crippen molar-refractivity contribution in [2.75, 3.05) is 37.7 Å². The minimum atomic E-state index is -0.205. The van der Waals surface area contributed by atoms with Crippen LogP contribution in [0.3, 0.4) is 0 Å². The Kier molecular flexibility index (Phi) is 7.93. The fourth-order valence-corrected chi connectivity index (χ4v) is 7.18. The van der Waals surface area contributed by atoms with Crippen LogP contribution in [0.2, 0.25) is 0 Å². The van der Waals surface area contributed by atoms with Crippen LogP contribution in [-0.2, 0) is 10.2 Å². The van der Waals surface area contributed by atoms with Gasteiger partial charge in [0.15, 0.2) is 6.61 Å². The number of carbonyl (C=O) groups excluding carboxylic acids is 1. The summed E-state index contributed by atoms with van der Waals surface area (Å²) in [5, 5.41) is 0. The van der Waals surface area contributed by atoms with Crippen molar-refractivity contribution in [1.29, 1.82) is 0 Å². The average molecular weight is 545 g/mol. The Labute approximate surface area is 244 Å². The Balaban J connectivity index is 1.22. The second kappa shape index (κ2) is 11.9. The Morgan fingerprint density at radius 1 is 0.780 bits per heavy atom. The molecule has 0 aromatic heterocycles. The number of hydrogen-bond donors (Lipinski definition) is 0. The molecule has 0 N–H and O–H groups in total. The largest absolute Gasteiger partial charge is 0.482 e. The summed E-state index contributed by atoms with van der Waals surface area (Å²) in [5.74, 6) is 1.68. The first-order valence-electron chi connectivity index (χ1n) is 15.0. The van der Waals surface area contributed by atoms with Crippen molar-refractivity contribution >= 4 is 11.6 Å². The number of rotatable bonds is 8. The first kappa shape index (κ1) is 27.3. The molecular formula is C37H40N2O2. The highest BCUT2D eigenvalue weighted by Gasteiger charge is 2.44. The second-order valence-corrected chi connectivity index (χ2v) is 11.9. The van der Waals surface area contributed by atoms with E-state index < -0.39 is 0 Å². The highest BCUT2D eigenvalue weighted by atomic mass is 16.5. The van der Waals surface area contributed by atoms with Crippen LogP contribution in [0, 0.1) is 18.8 Å². The summed E-state index contributed by atoms with van der Waals surface area (Å²) in [6, 6.07) is 39.4. The normalized spacial score (nSPS) is 17.1. The molecule has 1 amide bonds. The lowest BCUT2D eigenvalue weighted by Crippen LogP contribution is -2.47. The van der Waals surface area contributed by atoms with E-state index in [1.54, 1.807) is 0 Å². The van der Waals surface area contributed by atoms with Gasteiger partial charge in [-0.05, 0) is 79.1 Å². The van der Waals surface area contributed by atoms with Gasteiger partial charge in [-0.2, -0.15) is 0 Å². The zero-order valence-corrected chi connectivity index (χ0v) is 24.2. The molecule has 6 rings (SSSR count). The number of piperidine rings is 1. The Bertz CT molecular complexity index is 1350. The molecule has 4 nitrogen and oxygen atoms in total. The highest BCUT2D eigenvalue weighted by molar-refractivity contribution is 5.97. The lowest BCUT2D eigenvalue weighted by Gasteiger charge is -2.47. The SMILES string of the molecule is Cc1ccc2c(c1)N(C[C@H](C)CN1CCC(C(c3ccccc3)(c3ccccc3)c3ccccc3)CC1)C(=O)CO2. The molecule has 0 bridgehead atoms. The molecule has 41 heavy (non-hydrogen) atoms. The van der Waals surface area contributed by atoms with Crippen molar-refractivity contribution in [1.82, 2.24) is 4.90 Å². The Hall–Kier alpha value is -3.89. The number of ether oxygens (including phenoxy) is 1. The van der Waals surface area contributed by atoms with E-state index in [4.69, 9.17) is 4.74 Å². The number of carbonyl (C=O) groups is 1. The molecule has 1 fully saturated rings. The van der Waals surface area contributed by atoms with Crippen molar-refractivity contribution in [3.63, 3.8) is 0 Å². The molecule has 0 aliphatic carbocycles. The average Bonchev–Trinajstić information content (AvgIpc) is 3.01. The minimum absolute atomic E-state index is 0.0482. The van der Waals surface area contributed by atoms with Gasteiger partial charge in [0.05, 0.1) is 5.69 Å². The van der Waals surface area contributed by atoms with Crippen LogP contribution in [0.1, 0.15) is 42.0 Å². The highest BCUT2D eigenvalue weighted by Crippen LogP contribution is 2.49. The zero-order valence-electron chi connectivity index (χ0n) is 24.2. The van der Waals surface area contributed by atoms with E-state index in [1.165, 1.54) is 16.7 Å². The number of amides is 1. The smallest absolute Gasteiger partial charge is 0.265 e. The number of fused-ring (bicyclic) bond motifs is 1. The van der Waals surface area contributed by atoms with Crippen LogP contribution < -0.4 is 9.64 Å². The molecule has 4 aromatic rings. The first-order chi connectivity index (χ1) is 20.1. The summed E-state index contributed by atoms with van der Waals surface area (Å²) in [6.07, 6.45) is 2.23. The monoisotopic (exact) mass is 544 g/mol. The predicted octanol–water partition coefficient (Wildman–Crippen LogP) is 7.10. The van der Waals surface area contributed by atoms with E-state index in [2.05, 4.69) is 116 Å². The first-order valence-corrected chi connectivity index (χ1v) is 15.0. The number of benzene rings is 4. The van der Waals surface area contributed by atoms with Crippen LogP contribution in [-0.4, -0.2) is 43.6 Å². The minimum Gasteiger partial charge on any atom is -0.482 e. The van der Waals surface area contributed by atoms with Crippen LogP contribution in [0.4, 0.5) is 5.69 Å². The zero-order chi connectivity index (χ0) is 28.2. The van der Waals surface area contributed by atoms with Gasteiger partial charge >= 0.3 is 0 Å². The Morgan fingerprint density at radius 2 is 1.32 bits per heavy atom. The number of hydrogen-bond acceptors (Lipinski definition) is 3. The molecule has 2 aliphatic rings. The maximum absolute atomic E-state index is 12.8. The molecule has 2 aliphatic heterocycles. The molecule has 0 spiro atoms. The van der Waals surface area contributed by atoms with Gasteiger partial charge in [-0.1, -0.05) is 104 Å². The van der Waals surface area contributed by atoms with Gasteiger partial charge in [-0.15, -0.1) is 0 Å². The van der Waals surface area contributed by atoms with Crippen molar-refractivity contribution in [3.05, 3.63) is 131 Å². The van der Waals surface area contributed by atoms with E-state index in [1.807, 2.05) is 17.0 Å².